The summed E-state index contributed by atoms with van der Waals surface area (Å²) in [7, 11) is 0. The van der Waals surface area contributed by atoms with Crippen molar-refractivity contribution >= 4 is 34.8 Å². The smallest absolute Gasteiger partial charge is 0.240 e. The molecule has 0 heterocycles. The van der Waals surface area contributed by atoms with Gasteiger partial charge in [-0.1, -0.05) is 42.6 Å². The number of amides is 1. The molecule has 98 valence electrons. The number of carbonyl (C=O) groups is 1. The number of hydrazone groups is 1. The molecular formula is C13H16Cl2N2O. The van der Waals surface area contributed by atoms with Gasteiger partial charge in [-0.05, 0) is 31.0 Å². The zero-order chi connectivity index (χ0) is 13.5. The van der Waals surface area contributed by atoms with Gasteiger partial charge in [0, 0.05) is 6.42 Å². The third-order valence-electron chi connectivity index (χ3n) is 2.44. The Hall–Kier alpha value is -1.06. The maximum absolute atomic E-state index is 11.4. The highest BCUT2D eigenvalue weighted by molar-refractivity contribution is 6.42. The Bertz CT molecular complexity index is 458. The third-order valence-corrected chi connectivity index (χ3v) is 3.18. The van der Waals surface area contributed by atoms with Crippen LogP contribution in [0.2, 0.25) is 10.0 Å². The quantitative estimate of drug-likeness (QED) is 0.645. The summed E-state index contributed by atoms with van der Waals surface area (Å²) in [5.41, 5.74) is 4.05. The van der Waals surface area contributed by atoms with E-state index in [1.807, 2.05) is 13.0 Å². The molecule has 0 radical (unpaired) electrons. The minimum atomic E-state index is -0.0729. The van der Waals surface area contributed by atoms with E-state index >= 15 is 0 Å². The standard InChI is InChI=1S/C13H16Cl2N2O/c1-3-4-5-13(18)17-16-9(2)10-6-7-11(14)12(15)8-10/h6-8H,3-5H2,1-2H3,(H,17,18). The minimum absolute atomic E-state index is 0.0729. The molecule has 0 unspecified atom stereocenters. The lowest BCUT2D eigenvalue weighted by molar-refractivity contribution is -0.121. The molecule has 1 N–H and O–H groups in total. The highest BCUT2D eigenvalue weighted by Crippen LogP contribution is 2.22. The predicted molar refractivity (Wildman–Crippen MR) is 76.3 cm³/mol. The van der Waals surface area contributed by atoms with E-state index in [9.17, 15) is 4.79 Å². The monoisotopic (exact) mass is 286 g/mol. The fourth-order valence-electron chi connectivity index (χ4n) is 1.33. The molecule has 1 aromatic rings. The molecular weight excluding hydrogens is 271 g/mol. The van der Waals surface area contributed by atoms with Gasteiger partial charge >= 0.3 is 0 Å². The maximum Gasteiger partial charge on any atom is 0.240 e. The maximum atomic E-state index is 11.4. The van der Waals surface area contributed by atoms with Crippen molar-refractivity contribution in [3.63, 3.8) is 0 Å². The fourth-order valence-corrected chi connectivity index (χ4v) is 1.62. The van der Waals surface area contributed by atoms with Crippen LogP contribution < -0.4 is 5.43 Å². The number of benzene rings is 1. The van der Waals surface area contributed by atoms with Crippen LogP contribution in [0.1, 0.15) is 38.7 Å². The van der Waals surface area contributed by atoms with Crippen LogP contribution in [0.15, 0.2) is 23.3 Å². The highest BCUT2D eigenvalue weighted by Gasteiger charge is 2.03. The van der Waals surface area contributed by atoms with Crippen molar-refractivity contribution in [2.45, 2.75) is 33.1 Å². The summed E-state index contributed by atoms with van der Waals surface area (Å²) in [5, 5.41) is 5.01. The van der Waals surface area contributed by atoms with E-state index in [2.05, 4.69) is 10.5 Å². The van der Waals surface area contributed by atoms with Crippen molar-refractivity contribution in [3.05, 3.63) is 33.8 Å². The van der Waals surface area contributed by atoms with Gasteiger partial charge in [-0.25, -0.2) is 5.43 Å². The Morgan fingerprint density at radius 3 is 2.67 bits per heavy atom. The first-order valence-electron chi connectivity index (χ1n) is 5.83. The lowest BCUT2D eigenvalue weighted by Gasteiger charge is -2.04. The number of rotatable bonds is 5. The number of unbranched alkanes of at least 4 members (excludes halogenated alkanes) is 1. The molecule has 0 aliphatic rings. The van der Waals surface area contributed by atoms with Crippen LogP contribution >= 0.6 is 23.2 Å². The number of nitrogens with zero attached hydrogens (tertiary/aromatic N) is 1. The number of carbonyl (C=O) groups excluding carboxylic acids is 1. The fraction of sp³-hybridized carbons (Fsp3) is 0.385. The Kier molecular flexibility index (Phi) is 6.16. The molecule has 0 fully saturated rings. The van der Waals surface area contributed by atoms with Gasteiger partial charge in [0.15, 0.2) is 0 Å². The van der Waals surface area contributed by atoms with E-state index in [1.54, 1.807) is 19.1 Å². The van der Waals surface area contributed by atoms with Crippen molar-refractivity contribution in [2.75, 3.05) is 0 Å². The first-order valence-corrected chi connectivity index (χ1v) is 6.58. The Labute approximate surface area is 117 Å². The third kappa shape index (κ3) is 4.67. The summed E-state index contributed by atoms with van der Waals surface area (Å²) in [5.74, 6) is -0.0729. The summed E-state index contributed by atoms with van der Waals surface area (Å²) in [6.45, 7) is 3.84. The average molecular weight is 287 g/mol. The van der Waals surface area contributed by atoms with Crippen LogP contribution in [0.3, 0.4) is 0 Å². The van der Waals surface area contributed by atoms with E-state index in [0.29, 0.717) is 22.2 Å². The molecule has 3 nitrogen and oxygen atoms in total. The lowest BCUT2D eigenvalue weighted by atomic mass is 10.1. The molecule has 0 spiro atoms. The number of nitrogens with one attached hydrogen (secondary N) is 1. The van der Waals surface area contributed by atoms with Gasteiger partial charge < -0.3 is 0 Å². The zero-order valence-corrected chi connectivity index (χ0v) is 12.0. The van der Waals surface area contributed by atoms with Gasteiger partial charge in [0.25, 0.3) is 0 Å². The molecule has 0 aliphatic carbocycles. The van der Waals surface area contributed by atoms with E-state index < -0.39 is 0 Å². The Morgan fingerprint density at radius 1 is 1.33 bits per heavy atom. The van der Waals surface area contributed by atoms with Gasteiger partial charge in [0.1, 0.15) is 0 Å². The second kappa shape index (κ2) is 7.39. The second-order valence-electron chi connectivity index (χ2n) is 3.96. The van der Waals surface area contributed by atoms with Crippen molar-refractivity contribution in [1.29, 1.82) is 0 Å². The molecule has 0 atom stereocenters. The number of hydrogen-bond acceptors (Lipinski definition) is 2. The summed E-state index contributed by atoms with van der Waals surface area (Å²) >= 11 is 11.7. The van der Waals surface area contributed by atoms with Crippen molar-refractivity contribution in [2.24, 2.45) is 5.10 Å². The molecule has 0 aliphatic heterocycles. The summed E-state index contributed by atoms with van der Waals surface area (Å²) in [6, 6.07) is 5.24. The second-order valence-corrected chi connectivity index (χ2v) is 4.78. The van der Waals surface area contributed by atoms with E-state index in [-0.39, 0.29) is 5.91 Å². The van der Waals surface area contributed by atoms with Crippen LogP contribution in [0.5, 0.6) is 0 Å². The molecule has 18 heavy (non-hydrogen) atoms. The van der Waals surface area contributed by atoms with Crippen LogP contribution in [0.25, 0.3) is 0 Å². The van der Waals surface area contributed by atoms with Crippen LogP contribution in [-0.2, 0) is 4.79 Å². The van der Waals surface area contributed by atoms with E-state index in [1.165, 1.54) is 0 Å². The molecule has 0 bridgehead atoms. The molecule has 0 saturated carbocycles. The van der Waals surface area contributed by atoms with E-state index in [0.717, 1.165) is 18.4 Å². The predicted octanol–water partition coefficient (Wildman–Crippen LogP) is 4.02. The van der Waals surface area contributed by atoms with E-state index in [4.69, 9.17) is 23.2 Å². The summed E-state index contributed by atoms with van der Waals surface area (Å²) in [6.07, 6.45) is 2.35. The zero-order valence-electron chi connectivity index (χ0n) is 10.5. The topological polar surface area (TPSA) is 41.5 Å². The molecule has 1 aromatic carbocycles. The van der Waals surface area contributed by atoms with Gasteiger partial charge in [-0.2, -0.15) is 5.10 Å². The number of hydrogen-bond donors (Lipinski definition) is 1. The SMILES string of the molecule is CCCCC(=O)NN=C(C)c1ccc(Cl)c(Cl)c1. The van der Waals surface area contributed by atoms with Crippen molar-refractivity contribution in [3.8, 4) is 0 Å². The van der Waals surface area contributed by atoms with Gasteiger partial charge in [0.2, 0.25) is 5.91 Å². The molecule has 0 saturated heterocycles. The van der Waals surface area contributed by atoms with Crippen molar-refractivity contribution < 1.29 is 4.79 Å². The molecule has 0 aromatic heterocycles. The summed E-state index contributed by atoms with van der Waals surface area (Å²) in [4.78, 5) is 11.4. The van der Waals surface area contributed by atoms with Gasteiger partial charge in [0.05, 0.1) is 15.8 Å². The number of halogens is 2. The minimum Gasteiger partial charge on any atom is -0.273 e. The van der Waals surface area contributed by atoms with Crippen molar-refractivity contribution in [1.82, 2.24) is 5.43 Å². The Balaban J connectivity index is 2.65. The highest BCUT2D eigenvalue weighted by atomic mass is 35.5. The Morgan fingerprint density at radius 2 is 2.06 bits per heavy atom. The molecule has 5 heteroatoms. The molecule has 1 rings (SSSR count). The normalized spacial score (nSPS) is 11.4. The largest absolute Gasteiger partial charge is 0.273 e. The van der Waals surface area contributed by atoms with Crippen LogP contribution in [0.4, 0.5) is 0 Å². The lowest BCUT2D eigenvalue weighted by Crippen LogP contribution is -2.18. The first-order chi connectivity index (χ1) is 8.54. The molecule has 1 amide bonds. The summed E-state index contributed by atoms with van der Waals surface area (Å²) < 4.78 is 0. The average Bonchev–Trinajstić information content (AvgIpc) is 2.36. The van der Waals surface area contributed by atoms with Gasteiger partial charge in [-0.15, -0.1) is 0 Å². The first kappa shape index (κ1) is 15.0. The van der Waals surface area contributed by atoms with Crippen LogP contribution in [0, 0.1) is 0 Å². The van der Waals surface area contributed by atoms with Gasteiger partial charge in [-0.3, -0.25) is 4.79 Å². The van der Waals surface area contributed by atoms with Crippen LogP contribution in [-0.4, -0.2) is 11.6 Å².